The lowest BCUT2D eigenvalue weighted by Crippen LogP contribution is -2.45. The molecule has 2 aliphatic rings. The van der Waals surface area contributed by atoms with Gasteiger partial charge in [-0.25, -0.2) is 8.42 Å². The van der Waals surface area contributed by atoms with E-state index in [-0.39, 0.29) is 18.4 Å². The van der Waals surface area contributed by atoms with Crippen LogP contribution in [-0.2, 0) is 21.4 Å². The average Bonchev–Trinajstić information content (AvgIpc) is 3.36. The molecule has 168 valence electrons. The molecule has 0 N–H and O–H groups in total. The Labute approximate surface area is 189 Å². The predicted molar refractivity (Wildman–Crippen MR) is 125 cm³/mol. The summed E-state index contributed by atoms with van der Waals surface area (Å²) in [6, 6.07) is 11.9. The normalized spacial score (nSPS) is 20.5. The summed E-state index contributed by atoms with van der Waals surface area (Å²) >= 11 is 1.22. The summed E-state index contributed by atoms with van der Waals surface area (Å²) in [4.78, 5) is 17.2. The SMILES string of the molecule is CN(Cc1ccc(N2CCCCC2)cc1)C(=O)C1CCCN(S(=O)(=O)c2cccs2)C1. The number of sulfonamides is 1. The zero-order chi connectivity index (χ0) is 21.8. The zero-order valence-electron chi connectivity index (χ0n) is 18.1. The lowest BCUT2D eigenvalue weighted by Gasteiger charge is -2.33. The number of hydrogen-bond acceptors (Lipinski definition) is 5. The van der Waals surface area contributed by atoms with Gasteiger partial charge in [-0.15, -0.1) is 11.3 Å². The molecule has 0 spiro atoms. The van der Waals surface area contributed by atoms with Gasteiger partial charge >= 0.3 is 0 Å². The number of carbonyl (C=O) groups is 1. The van der Waals surface area contributed by atoms with E-state index in [0.717, 1.165) is 25.1 Å². The van der Waals surface area contributed by atoms with E-state index in [4.69, 9.17) is 0 Å². The largest absolute Gasteiger partial charge is 0.372 e. The molecule has 1 amide bonds. The molecule has 0 saturated carbocycles. The lowest BCUT2D eigenvalue weighted by atomic mass is 9.98. The Kier molecular flexibility index (Phi) is 6.99. The molecule has 3 heterocycles. The fraction of sp³-hybridized carbons (Fsp3) is 0.522. The van der Waals surface area contributed by atoms with Crippen LogP contribution in [0.4, 0.5) is 5.69 Å². The summed E-state index contributed by atoms with van der Waals surface area (Å²) in [7, 11) is -1.70. The molecule has 6 nitrogen and oxygen atoms in total. The Morgan fingerprint density at radius 2 is 1.81 bits per heavy atom. The van der Waals surface area contributed by atoms with Crippen molar-refractivity contribution in [3.63, 3.8) is 0 Å². The summed E-state index contributed by atoms with van der Waals surface area (Å²) in [6.07, 6.45) is 5.25. The van der Waals surface area contributed by atoms with Gasteiger partial charge in [0, 0.05) is 45.5 Å². The van der Waals surface area contributed by atoms with Crippen LogP contribution in [0.5, 0.6) is 0 Å². The Bertz CT molecular complexity index is 968. The van der Waals surface area contributed by atoms with Gasteiger partial charge < -0.3 is 9.80 Å². The van der Waals surface area contributed by atoms with Crippen molar-refractivity contribution < 1.29 is 13.2 Å². The highest BCUT2D eigenvalue weighted by Crippen LogP contribution is 2.27. The van der Waals surface area contributed by atoms with Gasteiger partial charge in [0.25, 0.3) is 10.0 Å². The molecule has 31 heavy (non-hydrogen) atoms. The number of thiophene rings is 1. The maximum Gasteiger partial charge on any atom is 0.252 e. The maximum atomic E-state index is 13.1. The second-order valence-electron chi connectivity index (χ2n) is 8.54. The minimum absolute atomic E-state index is 0.0196. The van der Waals surface area contributed by atoms with Crippen LogP contribution in [0.3, 0.4) is 0 Å². The second-order valence-corrected chi connectivity index (χ2v) is 11.7. The molecule has 2 aliphatic heterocycles. The van der Waals surface area contributed by atoms with Crippen molar-refractivity contribution in [3.8, 4) is 0 Å². The number of carbonyl (C=O) groups excluding carboxylic acids is 1. The van der Waals surface area contributed by atoms with Crippen LogP contribution in [-0.4, -0.2) is 56.8 Å². The molecule has 2 fully saturated rings. The topological polar surface area (TPSA) is 60.9 Å². The first-order valence-electron chi connectivity index (χ1n) is 11.1. The quantitative estimate of drug-likeness (QED) is 0.657. The van der Waals surface area contributed by atoms with Gasteiger partial charge in [-0.05, 0) is 61.2 Å². The number of rotatable bonds is 6. The summed E-state index contributed by atoms with van der Waals surface area (Å²) in [5.74, 6) is -0.271. The Morgan fingerprint density at radius 1 is 1.06 bits per heavy atom. The number of nitrogens with zero attached hydrogens (tertiary/aromatic N) is 3. The number of piperidine rings is 2. The van der Waals surface area contributed by atoms with E-state index in [9.17, 15) is 13.2 Å². The van der Waals surface area contributed by atoms with Crippen molar-refractivity contribution in [3.05, 3.63) is 47.3 Å². The number of anilines is 1. The number of hydrogen-bond donors (Lipinski definition) is 0. The minimum Gasteiger partial charge on any atom is -0.372 e. The Hall–Kier alpha value is -1.90. The fourth-order valence-electron chi connectivity index (χ4n) is 4.53. The Morgan fingerprint density at radius 3 is 2.48 bits per heavy atom. The predicted octanol–water partition coefficient (Wildman–Crippen LogP) is 3.80. The molecular weight excluding hydrogens is 430 g/mol. The monoisotopic (exact) mass is 461 g/mol. The van der Waals surface area contributed by atoms with Gasteiger partial charge in [-0.3, -0.25) is 4.79 Å². The zero-order valence-corrected chi connectivity index (χ0v) is 19.7. The molecule has 0 radical (unpaired) electrons. The molecule has 2 saturated heterocycles. The van der Waals surface area contributed by atoms with Gasteiger partial charge in [0.2, 0.25) is 5.91 Å². The molecule has 0 aliphatic carbocycles. The molecule has 1 aromatic carbocycles. The fourth-order valence-corrected chi connectivity index (χ4v) is 7.20. The summed E-state index contributed by atoms with van der Waals surface area (Å²) < 4.78 is 27.5. The van der Waals surface area contributed by atoms with Crippen molar-refractivity contribution in [2.75, 3.05) is 38.1 Å². The van der Waals surface area contributed by atoms with E-state index in [1.165, 1.54) is 40.6 Å². The van der Waals surface area contributed by atoms with Crippen molar-refractivity contribution >= 4 is 33.0 Å². The first kappa shape index (κ1) is 22.3. The second kappa shape index (κ2) is 9.71. The van der Waals surface area contributed by atoms with E-state index in [1.807, 2.05) is 7.05 Å². The highest BCUT2D eigenvalue weighted by Gasteiger charge is 2.34. The highest BCUT2D eigenvalue weighted by atomic mass is 32.2. The minimum atomic E-state index is -3.51. The van der Waals surface area contributed by atoms with Crippen LogP contribution in [0, 0.1) is 5.92 Å². The van der Waals surface area contributed by atoms with Gasteiger partial charge in [-0.1, -0.05) is 18.2 Å². The summed E-state index contributed by atoms with van der Waals surface area (Å²) in [5, 5.41) is 1.77. The first-order chi connectivity index (χ1) is 14.9. The van der Waals surface area contributed by atoms with Crippen LogP contribution >= 0.6 is 11.3 Å². The van der Waals surface area contributed by atoms with Crippen molar-refractivity contribution in [2.24, 2.45) is 5.92 Å². The van der Waals surface area contributed by atoms with Crippen molar-refractivity contribution in [2.45, 2.75) is 42.9 Å². The maximum absolute atomic E-state index is 13.1. The molecule has 8 heteroatoms. The van der Waals surface area contributed by atoms with E-state index in [1.54, 1.807) is 22.4 Å². The number of amides is 1. The molecule has 1 aromatic heterocycles. The van der Waals surface area contributed by atoms with E-state index >= 15 is 0 Å². The van der Waals surface area contributed by atoms with Gasteiger partial charge in [0.1, 0.15) is 4.21 Å². The van der Waals surface area contributed by atoms with Crippen LogP contribution in [0.2, 0.25) is 0 Å². The standard InChI is InChI=1S/C23H31N3O3S2/c1-24(17-19-9-11-21(12-10-19)25-13-3-2-4-14-25)23(27)20-7-5-15-26(18-20)31(28,29)22-8-6-16-30-22/h6,8-12,16,20H,2-5,7,13-15,17-18H2,1H3. The third kappa shape index (κ3) is 5.13. The molecular formula is C23H31N3O3S2. The summed E-state index contributed by atoms with van der Waals surface area (Å²) in [5.41, 5.74) is 2.34. The third-order valence-electron chi connectivity index (χ3n) is 6.28. The third-order valence-corrected chi connectivity index (χ3v) is 9.51. The Balaban J connectivity index is 1.36. The van der Waals surface area contributed by atoms with Gasteiger partial charge in [-0.2, -0.15) is 4.31 Å². The van der Waals surface area contributed by atoms with E-state index < -0.39 is 10.0 Å². The highest BCUT2D eigenvalue weighted by molar-refractivity contribution is 7.91. The molecule has 1 unspecified atom stereocenters. The molecule has 4 rings (SSSR count). The average molecular weight is 462 g/mol. The van der Waals surface area contributed by atoms with Crippen LogP contribution in [0.1, 0.15) is 37.7 Å². The molecule has 0 bridgehead atoms. The van der Waals surface area contributed by atoms with Gasteiger partial charge in [0.15, 0.2) is 0 Å². The first-order valence-corrected chi connectivity index (χ1v) is 13.4. The summed E-state index contributed by atoms with van der Waals surface area (Å²) in [6.45, 7) is 3.50. The number of benzene rings is 1. The smallest absolute Gasteiger partial charge is 0.252 e. The van der Waals surface area contributed by atoms with Gasteiger partial charge in [0.05, 0.1) is 5.92 Å². The van der Waals surface area contributed by atoms with E-state index in [0.29, 0.717) is 23.7 Å². The molecule has 1 atom stereocenters. The van der Waals surface area contributed by atoms with E-state index in [2.05, 4.69) is 29.2 Å². The van der Waals surface area contributed by atoms with Crippen molar-refractivity contribution in [1.82, 2.24) is 9.21 Å². The van der Waals surface area contributed by atoms with Crippen molar-refractivity contribution in [1.29, 1.82) is 0 Å². The van der Waals surface area contributed by atoms with Crippen LogP contribution in [0.25, 0.3) is 0 Å². The molecule has 2 aromatic rings. The lowest BCUT2D eigenvalue weighted by molar-refractivity contribution is -0.135. The van der Waals surface area contributed by atoms with Crippen LogP contribution in [0.15, 0.2) is 46.0 Å². The van der Waals surface area contributed by atoms with Crippen LogP contribution < -0.4 is 4.90 Å².